The SMILES string of the molecule is CCCN(CC(=O)Nc1ccccc1C)Cc1nnc2n(C)c(=O)c3cc(C)ccc3n12. The van der Waals surface area contributed by atoms with Gasteiger partial charge in [0, 0.05) is 12.7 Å². The molecular weight excluding hydrogens is 404 g/mol. The molecule has 0 atom stereocenters. The Morgan fingerprint density at radius 1 is 1.12 bits per heavy atom. The number of aryl methyl sites for hydroxylation is 3. The number of nitrogens with zero attached hydrogens (tertiary/aromatic N) is 5. The van der Waals surface area contributed by atoms with Gasteiger partial charge < -0.3 is 5.32 Å². The van der Waals surface area contributed by atoms with Crippen molar-refractivity contribution in [3.63, 3.8) is 0 Å². The van der Waals surface area contributed by atoms with E-state index in [-0.39, 0.29) is 18.0 Å². The number of para-hydroxylation sites is 1. The average Bonchev–Trinajstić information content (AvgIpc) is 3.17. The molecule has 166 valence electrons. The zero-order chi connectivity index (χ0) is 22.8. The number of anilines is 1. The molecule has 0 radical (unpaired) electrons. The molecular formula is C24H28N6O2. The summed E-state index contributed by atoms with van der Waals surface area (Å²) in [5.41, 5.74) is 3.53. The zero-order valence-electron chi connectivity index (χ0n) is 18.9. The Labute approximate surface area is 186 Å². The molecule has 0 fully saturated rings. The minimum atomic E-state index is -0.0989. The Kier molecular flexibility index (Phi) is 6.05. The summed E-state index contributed by atoms with van der Waals surface area (Å²) < 4.78 is 3.44. The van der Waals surface area contributed by atoms with E-state index < -0.39 is 0 Å². The molecule has 0 aliphatic rings. The van der Waals surface area contributed by atoms with E-state index in [1.165, 1.54) is 4.57 Å². The van der Waals surface area contributed by atoms with Gasteiger partial charge in [0.15, 0.2) is 5.82 Å². The van der Waals surface area contributed by atoms with Gasteiger partial charge in [-0.1, -0.05) is 36.8 Å². The van der Waals surface area contributed by atoms with Crippen molar-refractivity contribution in [2.75, 3.05) is 18.4 Å². The van der Waals surface area contributed by atoms with Gasteiger partial charge in [-0.2, -0.15) is 0 Å². The minimum Gasteiger partial charge on any atom is -0.325 e. The maximum absolute atomic E-state index is 12.8. The van der Waals surface area contributed by atoms with Crippen LogP contribution < -0.4 is 10.9 Å². The van der Waals surface area contributed by atoms with E-state index in [0.717, 1.165) is 35.3 Å². The molecule has 4 rings (SSSR count). The molecule has 0 spiro atoms. The van der Waals surface area contributed by atoms with Crippen LogP contribution in [0.4, 0.5) is 5.69 Å². The van der Waals surface area contributed by atoms with E-state index in [2.05, 4.69) is 27.3 Å². The minimum absolute atomic E-state index is 0.0746. The summed E-state index contributed by atoms with van der Waals surface area (Å²) in [5.74, 6) is 1.11. The van der Waals surface area contributed by atoms with Crippen LogP contribution in [0.25, 0.3) is 16.7 Å². The molecule has 0 bridgehead atoms. The van der Waals surface area contributed by atoms with Gasteiger partial charge in [-0.05, 0) is 50.6 Å². The first-order valence-corrected chi connectivity index (χ1v) is 10.8. The van der Waals surface area contributed by atoms with Crippen molar-refractivity contribution >= 4 is 28.3 Å². The molecule has 4 aromatic rings. The number of aromatic nitrogens is 4. The molecule has 1 N–H and O–H groups in total. The van der Waals surface area contributed by atoms with Crippen LogP contribution in [0, 0.1) is 13.8 Å². The zero-order valence-corrected chi connectivity index (χ0v) is 18.9. The number of nitrogens with one attached hydrogen (secondary N) is 1. The molecule has 8 nitrogen and oxygen atoms in total. The number of amides is 1. The molecule has 0 saturated carbocycles. The molecule has 0 aliphatic carbocycles. The first-order chi connectivity index (χ1) is 15.4. The van der Waals surface area contributed by atoms with E-state index in [4.69, 9.17) is 0 Å². The van der Waals surface area contributed by atoms with Crippen LogP contribution in [0.1, 0.15) is 30.3 Å². The number of carbonyl (C=O) groups is 1. The lowest BCUT2D eigenvalue weighted by molar-refractivity contribution is -0.117. The monoisotopic (exact) mass is 432 g/mol. The summed E-state index contributed by atoms with van der Waals surface area (Å²) in [5, 5.41) is 12.3. The molecule has 32 heavy (non-hydrogen) atoms. The maximum Gasteiger partial charge on any atom is 0.262 e. The molecule has 0 unspecified atom stereocenters. The van der Waals surface area contributed by atoms with Gasteiger partial charge >= 0.3 is 0 Å². The highest BCUT2D eigenvalue weighted by Crippen LogP contribution is 2.17. The molecule has 2 aromatic heterocycles. The number of hydrogen-bond acceptors (Lipinski definition) is 5. The largest absolute Gasteiger partial charge is 0.325 e. The van der Waals surface area contributed by atoms with Crippen LogP contribution in [-0.4, -0.2) is 43.1 Å². The van der Waals surface area contributed by atoms with Crippen molar-refractivity contribution in [3.05, 3.63) is 69.8 Å². The predicted octanol–water partition coefficient (Wildman–Crippen LogP) is 3.05. The van der Waals surface area contributed by atoms with Crippen LogP contribution in [0.15, 0.2) is 47.3 Å². The topological polar surface area (TPSA) is 84.5 Å². The Morgan fingerprint density at radius 2 is 1.91 bits per heavy atom. The van der Waals surface area contributed by atoms with Gasteiger partial charge in [0.1, 0.15) is 0 Å². The van der Waals surface area contributed by atoms with Crippen molar-refractivity contribution in [2.24, 2.45) is 7.05 Å². The predicted molar refractivity (Wildman–Crippen MR) is 126 cm³/mol. The number of rotatable bonds is 7. The summed E-state index contributed by atoms with van der Waals surface area (Å²) in [4.78, 5) is 27.6. The Hall–Kier alpha value is -3.52. The summed E-state index contributed by atoms with van der Waals surface area (Å²) in [6.45, 7) is 7.43. The van der Waals surface area contributed by atoms with Crippen molar-refractivity contribution < 1.29 is 4.79 Å². The van der Waals surface area contributed by atoms with Crippen LogP contribution in [0.5, 0.6) is 0 Å². The van der Waals surface area contributed by atoms with Gasteiger partial charge in [-0.3, -0.25) is 23.5 Å². The standard InChI is InChI=1S/C24H28N6O2/c1-5-12-29(15-22(31)25-19-9-7-6-8-17(19)3)14-21-26-27-24-28(4)23(32)18-13-16(2)10-11-20(18)30(21)24/h6-11,13H,5,12,14-15H2,1-4H3,(H,25,31). The van der Waals surface area contributed by atoms with Crippen LogP contribution in [-0.2, 0) is 18.4 Å². The normalized spacial score (nSPS) is 11.5. The van der Waals surface area contributed by atoms with E-state index in [1.807, 2.05) is 60.7 Å². The smallest absolute Gasteiger partial charge is 0.262 e. The van der Waals surface area contributed by atoms with E-state index >= 15 is 0 Å². The van der Waals surface area contributed by atoms with E-state index in [1.54, 1.807) is 7.05 Å². The van der Waals surface area contributed by atoms with Crippen LogP contribution >= 0.6 is 0 Å². The fourth-order valence-corrected chi connectivity index (χ4v) is 4.00. The summed E-state index contributed by atoms with van der Waals surface area (Å²) in [7, 11) is 1.71. The highest BCUT2D eigenvalue weighted by atomic mass is 16.2. The van der Waals surface area contributed by atoms with Gasteiger partial charge in [0.25, 0.3) is 5.56 Å². The lowest BCUT2D eigenvalue weighted by atomic mass is 10.1. The summed E-state index contributed by atoms with van der Waals surface area (Å²) in [6.07, 6.45) is 0.896. The third-order valence-corrected chi connectivity index (χ3v) is 5.63. The van der Waals surface area contributed by atoms with Gasteiger partial charge in [-0.25, -0.2) is 0 Å². The van der Waals surface area contributed by atoms with Crippen LogP contribution in [0.3, 0.4) is 0 Å². The van der Waals surface area contributed by atoms with Gasteiger partial charge in [-0.15, -0.1) is 10.2 Å². The lowest BCUT2D eigenvalue weighted by Gasteiger charge is -2.21. The van der Waals surface area contributed by atoms with Gasteiger partial charge in [0.2, 0.25) is 11.7 Å². The lowest BCUT2D eigenvalue weighted by Crippen LogP contribution is -2.34. The fourth-order valence-electron chi connectivity index (χ4n) is 4.00. The first kappa shape index (κ1) is 21.7. The van der Waals surface area contributed by atoms with Crippen molar-refractivity contribution in [3.8, 4) is 0 Å². The maximum atomic E-state index is 12.8. The number of carbonyl (C=O) groups excluding carboxylic acids is 1. The van der Waals surface area contributed by atoms with Gasteiger partial charge in [0.05, 0.1) is 24.0 Å². The summed E-state index contributed by atoms with van der Waals surface area (Å²) in [6, 6.07) is 13.5. The second-order valence-corrected chi connectivity index (χ2v) is 8.21. The van der Waals surface area contributed by atoms with Crippen molar-refractivity contribution in [2.45, 2.75) is 33.7 Å². The quantitative estimate of drug-likeness (QED) is 0.485. The molecule has 0 aliphatic heterocycles. The number of benzene rings is 2. The first-order valence-electron chi connectivity index (χ1n) is 10.8. The second kappa shape index (κ2) is 8.92. The third kappa shape index (κ3) is 4.13. The number of fused-ring (bicyclic) bond motifs is 3. The Balaban J connectivity index is 1.65. The Morgan fingerprint density at radius 3 is 2.66 bits per heavy atom. The fraction of sp³-hybridized carbons (Fsp3) is 0.333. The van der Waals surface area contributed by atoms with Crippen molar-refractivity contribution in [1.29, 1.82) is 0 Å². The molecule has 1 amide bonds. The second-order valence-electron chi connectivity index (χ2n) is 8.21. The highest BCUT2D eigenvalue weighted by molar-refractivity contribution is 5.93. The molecule has 2 heterocycles. The average molecular weight is 433 g/mol. The van der Waals surface area contributed by atoms with E-state index in [0.29, 0.717) is 23.5 Å². The van der Waals surface area contributed by atoms with Crippen molar-refractivity contribution in [1.82, 2.24) is 24.1 Å². The Bertz CT molecular complexity index is 1350. The van der Waals surface area contributed by atoms with Crippen LogP contribution in [0.2, 0.25) is 0 Å². The molecule has 8 heteroatoms. The van der Waals surface area contributed by atoms with E-state index in [9.17, 15) is 9.59 Å². The molecule has 2 aromatic carbocycles. The summed E-state index contributed by atoms with van der Waals surface area (Å²) >= 11 is 0. The number of hydrogen-bond donors (Lipinski definition) is 1. The molecule has 0 saturated heterocycles. The third-order valence-electron chi connectivity index (χ3n) is 5.63. The highest BCUT2D eigenvalue weighted by Gasteiger charge is 2.18.